The van der Waals surface area contributed by atoms with E-state index < -0.39 is 16.0 Å². The standard InChI is InChI=1S/C7H15NO5S/c1-8(4-3-7(9)10)14(11,12)6-5-13-2/h3-6H2,1-2H3,(H,9,10). The van der Waals surface area contributed by atoms with Gasteiger partial charge in [-0.3, -0.25) is 4.79 Å². The fourth-order valence-electron chi connectivity index (χ4n) is 0.737. The largest absolute Gasteiger partial charge is 0.481 e. The number of carboxylic acid groups (broad SMARTS) is 1. The average molecular weight is 225 g/mol. The molecule has 0 aromatic rings. The summed E-state index contributed by atoms with van der Waals surface area (Å²) in [5, 5.41) is 8.36. The molecule has 0 radical (unpaired) electrons. The molecule has 7 heteroatoms. The number of carbonyl (C=O) groups is 1. The van der Waals surface area contributed by atoms with E-state index >= 15 is 0 Å². The third-order valence-corrected chi connectivity index (χ3v) is 3.48. The maximum absolute atomic E-state index is 11.4. The predicted octanol–water partition coefficient (Wildman–Crippen LogP) is -0.631. The van der Waals surface area contributed by atoms with Crippen LogP contribution in [0.3, 0.4) is 0 Å². The van der Waals surface area contributed by atoms with Crippen LogP contribution < -0.4 is 0 Å². The summed E-state index contributed by atoms with van der Waals surface area (Å²) >= 11 is 0. The van der Waals surface area contributed by atoms with Crippen molar-refractivity contribution < 1.29 is 23.1 Å². The van der Waals surface area contributed by atoms with Crippen molar-refractivity contribution in [3.63, 3.8) is 0 Å². The summed E-state index contributed by atoms with van der Waals surface area (Å²) in [7, 11) is -0.609. The first-order valence-corrected chi connectivity index (χ1v) is 5.66. The van der Waals surface area contributed by atoms with Crippen molar-refractivity contribution in [2.75, 3.05) is 33.1 Å². The lowest BCUT2D eigenvalue weighted by Gasteiger charge is -2.15. The molecule has 14 heavy (non-hydrogen) atoms. The quantitative estimate of drug-likeness (QED) is 0.623. The molecule has 0 aliphatic heterocycles. The SMILES string of the molecule is COCCS(=O)(=O)N(C)CCC(=O)O. The van der Waals surface area contributed by atoms with Crippen LogP contribution in [-0.4, -0.2) is 56.9 Å². The zero-order valence-electron chi connectivity index (χ0n) is 8.26. The van der Waals surface area contributed by atoms with Crippen LogP contribution in [-0.2, 0) is 19.6 Å². The second-order valence-electron chi connectivity index (χ2n) is 2.77. The Bertz CT molecular complexity index is 274. The van der Waals surface area contributed by atoms with Crippen LogP contribution in [0.15, 0.2) is 0 Å². The van der Waals surface area contributed by atoms with E-state index in [0.29, 0.717) is 0 Å². The number of sulfonamides is 1. The van der Waals surface area contributed by atoms with Gasteiger partial charge in [-0.15, -0.1) is 0 Å². The molecule has 0 rings (SSSR count). The van der Waals surface area contributed by atoms with Gasteiger partial charge >= 0.3 is 5.97 Å². The van der Waals surface area contributed by atoms with E-state index in [1.807, 2.05) is 0 Å². The normalized spacial score (nSPS) is 11.9. The molecule has 0 heterocycles. The summed E-state index contributed by atoms with van der Waals surface area (Å²) in [6.45, 7) is 0.0983. The molecule has 0 aliphatic carbocycles. The number of methoxy groups -OCH3 is 1. The second kappa shape index (κ2) is 5.94. The Morgan fingerprint density at radius 3 is 2.50 bits per heavy atom. The van der Waals surface area contributed by atoms with Crippen LogP contribution in [0.25, 0.3) is 0 Å². The van der Waals surface area contributed by atoms with E-state index in [-0.39, 0.29) is 25.3 Å². The Hall–Kier alpha value is -0.660. The number of hydrogen-bond donors (Lipinski definition) is 1. The van der Waals surface area contributed by atoms with Crippen molar-refractivity contribution >= 4 is 16.0 Å². The van der Waals surface area contributed by atoms with E-state index in [0.717, 1.165) is 4.31 Å². The molecule has 0 saturated carbocycles. The molecule has 1 N–H and O–H groups in total. The third kappa shape index (κ3) is 5.15. The lowest BCUT2D eigenvalue weighted by atomic mass is 10.4. The van der Waals surface area contributed by atoms with Gasteiger partial charge in [-0.1, -0.05) is 0 Å². The van der Waals surface area contributed by atoms with Crippen molar-refractivity contribution in [3.05, 3.63) is 0 Å². The highest BCUT2D eigenvalue weighted by Crippen LogP contribution is 1.99. The van der Waals surface area contributed by atoms with Crippen LogP contribution in [0.2, 0.25) is 0 Å². The van der Waals surface area contributed by atoms with E-state index in [2.05, 4.69) is 4.74 Å². The molecule has 0 atom stereocenters. The smallest absolute Gasteiger partial charge is 0.304 e. The zero-order chi connectivity index (χ0) is 11.2. The molecule has 0 bridgehead atoms. The van der Waals surface area contributed by atoms with Gasteiger partial charge in [-0.2, -0.15) is 0 Å². The van der Waals surface area contributed by atoms with Crippen molar-refractivity contribution in [2.45, 2.75) is 6.42 Å². The number of rotatable bonds is 7. The predicted molar refractivity (Wildman–Crippen MR) is 50.5 cm³/mol. The molecule has 6 nitrogen and oxygen atoms in total. The maximum atomic E-state index is 11.4. The molecular weight excluding hydrogens is 210 g/mol. The summed E-state index contributed by atoms with van der Waals surface area (Å²) in [6, 6.07) is 0. The first-order valence-electron chi connectivity index (χ1n) is 4.05. The highest BCUT2D eigenvalue weighted by atomic mass is 32.2. The molecule has 0 aliphatic rings. The number of nitrogens with zero attached hydrogens (tertiary/aromatic N) is 1. The number of ether oxygens (including phenoxy) is 1. The van der Waals surface area contributed by atoms with Crippen LogP contribution in [0.5, 0.6) is 0 Å². The van der Waals surface area contributed by atoms with Crippen molar-refractivity contribution in [3.8, 4) is 0 Å². The number of carboxylic acids is 1. The Balaban J connectivity index is 4.08. The fraction of sp³-hybridized carbons (Fsp3) is 0.857. The van der Waals surface area contributed by atoms with Crippen molar-refractivity contribution in [1.29, 1.82) is 0 Å². The van der Waals surface area contributed by atoms with E-state index in [1.165, 1.54) is 14.2 Å². The molecule has 0 aromatic carbocycles. The van der Waals surface area contributed by atoms with Crippen LogP contribution >= 0.6 is 0 Å². The van der Waals surface area contributed by atoms with Gasteiger partial charge in [0, 0.05) is 20.7 Å². The zero-order valence-corrected chi connectivity index (χ0v) is 9.08. The van der Waals surface area contributed by atoms with Gasteiger partial charge in [0.2, 0.25) is 10.0 Å². The molecule has 84 valence electrons. The van der Waals surface area contributed by atoms with Crippen LogP contribution in [0.1, 0.15) is 6.42 Å². The van der Waals surface area contributed by atoms with Crippen molar-refractivity contribution in [1.82, 2.24) is 4.31 Å². The molecule has 0 saturated heterocycles. The molecule has 0 amide bonds. The average Bonchev–Trinajstić information content (AvgIpc) is 2.10. The Labute approximate surface area is 83.5 Å². The first kappa shape index (κ1) is 13.3. The van der Waals surface area contributed by atoms with Gasteiger partial charge in [-0.05, 0) is 0 Å². The van der Waals surface area contributed by atoms with Crippen LogP contribution in [0, 0.1) is 0 Å². The first-order chi connectivity index (χ1) is 6.40. The Morgan fingerprint density at radius 2 is 2.07 bits per heavy atom. The van der Waals surface area contributed by atoms with Crippen molar-refractivity contribution in [2.24, 2.45) is 0 Å². The van der Waals surface area contributed by atoms with Gasteiger partial charge in [0.05, 0.1) is 18.8 Å². The number of aliphatic carboxylic acids is 1. The minimum absolute atomic E-state index is 0.0125. The van der Waals surface area contributed by atoms with Gasteiger partial charge in [0.25, 0.3) is 0 Å². The molecule has 0 spiro atoms. The monoisotopic (exact) mass is 225 g/mol. The van der Waals surface area contributed by atoms with Crippen LogP contribution in [0.4, 0.5) is 0 Å². The Kier molecular flexibility index (Phi) is 5.66. The highest BCUT2D eigenvalue weighted by molar-refractivity contribution is 7.89. The lowest BCUT2D eigenvalue weighted by Crippen LogP contribution is -2.32. The minimum atomic E-state index is -3.37. The summed E-state index contributed by atoms with van der Waals surface area (Å²) in [6.07, 6.45) is -0.192. The molecular formula is C7H15NO5S. The molecule has 0 aromatic heterocycles. The highest BCUT2D eigenvalue weighted by Gasteiger charge is 2.17. The summed E-state index contributed by atoms with van der Waals surface area (Å²) in [4.78, 5) is 10.2. The molecule has 0 fully saturated rings. The van der Waals surface area contributed by atoms with E-state index in [9.17, 15) is 13.2 Å². The maximum Gasteiger partial charge on any atom is 0.304 e. The molecule has 0 unspecified atom stereocenters. The lowest BCUT2D eigenvalue weighted by molar-refractivity contribution is -0.137. The summed E-state index contributed by atoms with van der Waals surface area (Å²) < 4.78 is 28.4. The van der Waals surface area contributed by atoms with Gasteiger partial charge in [0.1, 0.15) is 0 Å². The van der Waals surface area contributed by atoms with E-state index in [4.69, 9.17) is 5.11 Å². The second-order valence-corrected chi connectivity index (χ2v) is 4.97. The van der Waals surface area contributed by atoms with Gasteiger partial charge in [-0.25, -0.2) is 12.7 Å². The fourth-order valence-corrected chi connectivity index (χ4v) is 1.80. The summed E-state index contributed by atoms with van der Waals surface area (Å²) in [5.41, 5.74) is 0. The van der Waals surface area contributed by atoms with Gasteiger partial charge in [0.15, 0.2) is 0 Å². The third-order valence-electron chi connectivity index (χ3n) is 1.66. The minimum Gasteiger partial charge on any atom is -0.481 e. The number of hydrogen-bond acceptors (Lipinski definition) is 4. The Morgan fingerprint density at radius 1 is 1.50 bits per heavy atom. The summed E-state index contributed by atoms with van der Waals surface area (Å²) in [5.74, 6) is -1.14. The van der Waals surface area contributed by atoms with E-state index in [1.54, 1.807) is 0 Å². The van der Waals surface area contributed by atoms with Gasteiger partial charge < -0.3 is 9.84 Å². The topological polar surface area (TPSA) is 83.9 Å².